The molecule has 11 nitrogen and oxygen atoms in total. The van der Waals surface area contributed by atoms with Gasteiger partial charge in [-0.2, -0.15) is 8.78 Å². The van der Waals surface area contributed by atoms with E-state index in [0.717, 1.165) is 12.8 Å². The maximum atomic E-state index is 13.7. The Morgan fingerprint density at radius 2 is 1.78 bits per heavy atom. The first-order valence-corrected chi connectivity index (χ1v) is 17.2. The number of halogens is 4. The van der Waals surface area contributed by atoms with Crippen molar-refractivity contribution in [2.75, 3.05) is 25.4 Å². The van der Waals surface area contributed by atoms with Crippen molar-refractivity contribution >= 4 is 50.8 Å². The van der Waals surface area contributed by atoms with Crippen molar-refractivity contribution in [2.24, 2.45) is 13.0 Å². The molecule has 1 atom stereocenters. The van der Waals surface area contributed by atoms with Gasteiger partial charge in [0.05, 0.1) is 27.2 Å². The number of hydrogen-bond donors (Lipinski definition) is 1. The largest absolute Gasteiger partial charge is 0.489 e. The van der Waals surface area contributed by atoms with Gasteiger partial charge in [-0.3, -0.25) is 14.5 Å². The predicted molar refractivity (Wildman–Crippen MR) is 178 cm³/mol. The van der Waals surface area contributed by atoms with Gasteiger partial charge in [-0.25, -0.2) is 13.2 Å². The number of pyridine rings is 1. The summed E-state index contributed by atoms with van der Waals surface area (Å²) in [6, 6.07) is 11.1. The summed E-state index contributed by atoms with van der Waals surface area (Å²) in [6.07, 6.45) is 4.97. The number of alkyl halides is 2. The van der Waals surface area contributed by atoms with Crippen molar-refractivity contribution in [1.29, 1.82) is 0 Å². The maximum absolute atomic E-state index is 13.7. The highest BCUT2D eigenvalue weighted by atomic mass is 35.5. The molecule has 260 valence electrons. The monoisotopic (exact) mass is 736 g/mol. The molecule has 2 heterocycles. The van der Waals surface area contributed by atoms with Crippen LogP contribution in [0.5, 0.6) is 11.5 Å². The number of nitrogens with one attached hydrogen (secondary N) is 1. The molecule has 2 aromatic carbocycles. The number of aromatic nitrogens is 2. The molecular weight excluding hydrogens is 705 g/mol. The van der Waals surface area contributed by atoms with Crippen LogP contribution in [0.4, 0.5) is 14.5 Å². The number of aryl methyl sites for hydroxylation is 1. The van der Waals surface area contributed by atoms with Gasteiger partial charge in [0.15, 0.2) is 11.5 Å². The van der Waals surface area contributed by atoms with Crippen molar-refractivity contribution < 1.29 is 41.0 Å². The Hall–Kier alpha value is -4.40. The minimum absolute atomic E-state index is 0.0194. The molecule has 0 unspecified atom stereocenters. The summed E-state index contributed by atoms with van der Waals surface area (Å²) in [5.74, 6) is -1.04. The Labute approximate surface area is 291 Å². The molecule has 1 aliphatic rings. The summed E-state index contributed by atoms with van der Waals surface area (Å²) in [4.78, 5) is 31.2. The van der Waals surface area contributed by atoms with Crippen LogP contribution in [-0.4, -0.2) is 62.1 Å². The number of hydrogen-bond acceptors (Lipinski definition) is 8. The first kappa shape index (κ1) is 35.9. The lowest BCUT2D eigenvalue weighted by Crippen LogP contribution is -2.22. The zero-order valence-corrected chi connectivity index (χ0v) is 28.9. The molecular formula is C33H32Cl2F2N4O7S. The first-order chi connectivity index (χ1) is 23.2. The van der Waals surface area contributed by atoms with Crippen molar-refractivity contribution in [3.05, 3.63) is 99.6 Å². The van der Waals surface area contributed by atoms with Crippen molar-refractivity contribution in [3.8, 4) is 11.5 Å². The van der Waals surface area contributed by atoms with Crippen molar-refractivity contribution in [1.82, 2.24) is 14.5 Å². The summed E-state index contributed by atoms with van der Waals surface area (Å²) in [5, 5.41) is 0.423. The van der Waals surface area contributed by atoms with E-state index < -0.39 is 28.7 Å². The van der Waals surface area contributed by atoms with E-state index in [4.69, 9.17) is 32.7 Å². The Morgan fingerprint density at radius 3 is 2.43 bits per heavy atom. The molecule has 4 aromatic rings. The van der Waals surface area contributed by atoms with Gasteiger partial charge in [-0.15, -0.1) is 0 Å². The summed E-state index contributed by atoms with van der Waals surface area (Å²) >= 11 is 12.8. The molecule has 49 heavy (non-hydrogen) atoms. The summed E-state index contributed by atoms with van der Waals surface area (Å²) < 4.78 is 73.1. The second kappa shape index (κ2) is 15.0. The second-order valence-corrected chi connectivity index (χ2v) is 14.1. The zero-order valence-electron chi connectivity index (χ0n) is 26.5. The van der Waals surface area contributed by atoms with Gasteiger partial charge < -0.3 is 23.7 Å². The highest BCUT2D eigenvalue weighted by molar-refractivity contribution is 7.92. The van der Waals surface area contributed by atoms with Crippen LogP contribution in [-0.2, 0) is 28.2 Å². The Bertz CT molecular complexity index is 1950. The Kier molecular flexibility index (Phi) is 11.0. The molecule has 5 rings (SSSR count). The van der Waals surface area contributed by atoms with E-state index in [2.05, 4.69) is 14.4 Å². The number of benzene rings is 2. The number of carbonyl (C=O) groups is 2. The van der Waals surface area contributed by atoms with Crippen LogP contribution >= 0.6 is 23.2 Å². The van der Waals surface area contributed by atoms with E-state index in [1.807, 2.05) is 0 Å². The highest BCUT2D eigenvalue weighted by Gasteiger charge is 2.27. The number of amides is 1. The molecule has 16 heteroatoms. The molecule has 1 saturated carbocycles. The zero-order chi connectivity index (χ0) is 35.5. The third-order valence-corrected chi connectivity index (χ3v) is 9.61. The fourth-order valence-electron chi connectivity index (χ4n) is 4.85. The number of nitrogens with zero attached hydrogens (tertiary/aromatic N) is 3. The van der Waals surface area contributed by atoms with Crippen LogP contribution in [0.2, 0.25) is 10.0 Å². The number of rotatable bonds is 14. The van der Waals surface area contributed by atoms with Gasteiger partial charge >= 0.3 is 12.6 Å². The van der Waals surface area contributed by atoms with E-state index >= 15 is 0 Å². The van der Waals surface area contributed by atoms with Gasteiger partial charge in [0.25, 0.3) is 15.9 Å². The van der Waals surface area contributed by atoms with E-state index in [9.17, 15) is 26.8 Å². The van der Waals surface area contributed by atoms with Gasteiger partial charge in [-0.05, 0) is 66.3 Å². The number of esters is 1. The highest BCUT2D eigenvalue weighted by Crippen LogP contribution is 2.38. The maximum Gasteiger partial charge on any atom is 0.387 e. The number of sulfonamides is 1. The van der Waals surface area contributed by atoms with Crippen LogP contribution in [0.3, 0.4) is 0 Å². The first-order valence-electron chi connectivity index (χ1n) is 14.9. The van der Waals surface area contributed by atoms with Crippen molar-refractivity contribution in [3.63, 3.8) is 0 Å². The van der Waals surface area contributed by atoms with Crippen LogP contribution in [0.1, 0.15) is 50.9 Å². The van der Waals surface area contributed by atoms with E-state index in [1.54, 1.807) is 14.1 Å². The van der Waals surface area contributed by atoms with Crippen LogP contribution in [0, 0.1) is 5.92 Å². The van der Waals surface area contributed by atoms with Gasteiger partial charge in [0.1, 0.15) is 11.8 Å². The Balaban J connectivity index is 1.43. The molecule has 1 fully saturated rings. The third kappa shape index (κ3) is 8.99. The molecule has 0 saturated heterocycles. The minimum atomic E-state index is -4.17. The Morgan fingerprint density at radius 1 is 1.06 bits per heavy atom. The van der Waals surface area contributed by atoms with Gasteiger partial charge in [-0.1, -0.05) is 35.3 Å². The topological polar surface area (TPSA) is 129 Å². The average Bonchev–Trinajstić information content (AvgIpc) is 3.81. The number of ether oxygens (including phenoxy) is 3. The summed E-state index contributed by atoms with van der Waals surface area (Å²) in [5.41, 5.74) is 1.00. The fourth-order valence-corrected chi connectivity index (χ4v) is 6.45. The average molecular weight is 738 g/mol. The molecule has 0 radical (unpaired) electrons. The quantitative estimate of drug-likeness (QED) is 0.141. The standard InChI is InChI=1S/C33H32Cl2F2N4O7S/c1-40(2)31(42)21-5-4-6-23(11-21)49(44,45)39-22-13-27(41(3)17-22)32(43)47-29(14-24-25(34)15-38-16-26(24)35)20-9-10-28(48-33(36)37)30(12-20)46-18-19-7-8-19/h4-6,9-13,15-17,19,29,33,39H,7-8,14,18H2,1-3H3/t29-/m0/s1. The molecule has 0 aliphatic heterocycles. The van der Waals surface area contributed by atoms with Crippen LogP contribution < -0.4 is 14.2 Å². The lowest BCUT2D eigenvalue weighted by atomic mass is 10.0. The normalized spacial score (nSPS) is 13.6. The van der Waals surface area contributed by atoms with E-state index in [1.165, 1.54) is 83.6 Å². The molecule has 1 aliphatic carbocycles. The van der Waals surface area contributed by atoms with Gasteiger partial charge in [0, 0.05) is 51.7 Å². The SMILES string of the molecule is CN(C)C(=O)c1cccc(S(=O)(=O)Nc2cc(C(=O)O[C@@H](Cc3c(Cl)cncc3Cl)c3ccc(OC(F)F)c(OCC4CC4)c3)n(C)c2)c1. The summed E-state index contributed by atoms with van der Waals surface area (Å²) in [6.45, 7) is -2.79. The molecule has 0 bridgehead atoms. The molecule has 1 N–H and O–H groups in total. The molecule has 0 spiro atoms. The summed E-state index contributed by atoms with van der Waals surface area (Å²) in [7, 11) is 0.462. The molecule has 1 amide bonds. The lowest BCUT2D eigenvalue weighted by molar-refractivity contribution is -0.0515. The number of anilines is 1. The van der Waals surface area contributed by atoms with Gasteiger partial charge in [0.2, 0.25) is 0 Å². The third-order valence-electron chi connectivity index (χ3n) is 7.58. The number of carbonyl (C=O) groups excluding carboxylic acids is 2. The van der Waals surface area contributed by atoms with Crippen LogP contribution in [0.25, 0.3) is 0 Å². The van der Waals surface area contributed by atoms with Crippen LogP contribution in [0.15, 0.2) is 72.0 Å². The minimum Gasteiger partial charge on any atom is -0.489 e. The smallest absolute Gasteiger partial charge is 0.387 e. The lowest BCUT2D eigenvalue weighted by Gasteiger charge is -2.21. The fraction of sp³-hybridized carbons (Fsp3) is 0.303. The predicted octanol–water partition coefficient (Wildman–Crippen LogP) is 6.76. The molecule has 2 aromatic heterocycles. The second-order valence-electron chi connectivity index (χ2n) is 11.6. The van der Waals surface area contributed by atoms with Crippen molar-refractivity contribution in [2.45, 2.75) is 36.9 Å². The van der Waals surface area contributed by atoms with E-state index in [0.29, 0.717) is 23.7 Å². The van der Waals surface area contributed by atoms with E-state index in [-0.39, 0.29) is 55.7 Å².